The van der Waals surface area contributed by atoms with Crippen molar-refractivity contribution < 1.29 is 4.52 Å². The van der Waals surface area contributed by atoms with Crippen molar-refractivity contribution in [2.24, 2.45) is 0 Å². The highest BCUT2D eigenvalue weighted by Gasteiger charge is 2.34. The summed E-state index contributed by atoms with van der Waals surface area (Å²) in [5.74, 6) is 1.32. The van der Waals surface area contributed by atoms with E-state index in [9.17, 15) is 0 Å². The number of nitrogens with one attached hydrogen (secondary N) is 1. The Morgan fingerprint density at radius 2 is 2.26 bits per heavy atom. The number of pyridine rings is 1. The molecule has 1 aliphatic rings. The lowest BCUT2D eigenvalue weighted by molar-refractivity contribution is 0.207. The lowest BCUT2D eigenvalue weighted by Gasteiger charge is -2.31. The average molecular weight is 258 g/mol. The van der Waals surface area contributed by atoms with Crippen LogP contribution in [0, 0.1) is 6.92 Å². The Kier molecular flexibility index (Phi) is 3.06. The Morgan fingerprint density at radius 1 is 1.37 bits per heavy atom. The highest BCUT2D eigenvalue weighted by Crippen LogP contribution is 2.30. The van der Waals surface area contributed by atoms with Gasteiger partial charge in [0.2, 0.25) is 11.7 Å². The van der Waals surface area contributed by atoms with Gasteiger partial charge in [0.25, 0.3) is 0 Å². The van der Waals surface area contributed by atoms with Crippen LogP contribution in [0.2, 0.25) is 0 Å². The molecule has 0 radical (unpaired) electrons. The molecule has 1 atom stereocenters. The summed E-state index contributed by atoms with van der Waals surface area (Å²) in [5.41, 5.74) is 1.84. The third-order valence-electron chi connectivity index (χ3n) is 3.78. The van der Waals surface area contributed by atoms with Crippen LogP contribution in [0.5, 0.6) is 0 Å². The Bertz CT molecular complexity index is 572. The van der Waals surface area contributed by atoms with Gasteiger partial charge in [-0.25, -0.2) is 0 Å². The highest BCUT2D eigenvalue weighted by atomic mass is 16.5. The van der Waals surface area contributed by atoms with Crippen LogP contribution in [0.3, 0.4) is 0 Å². The molecule has 0 aliphatic carbocycles. The number of hydrogen-bond donors (Lipinski definition) is 1. The van der Waals surface area contributed by atoms with Gasteiger partial charge in [0.15, 0.2) is 0 Å². The van der Waals surface area contributed by atoms with E-state index in [1.807, 2.05) is 19.2 Å². The average Bonchev–Trinajstić information content (AvgIpc) is 2.90. The Labute approximate surface area is 112 Å². The van der Waals surface area contributed by atoms with Crippen LogP contribution < -0.4 is 5.32 Å². The van der Waals surface area contributed by atoms with Crippen molar-refractivity contribution in [1.29, 1.82) is 0 Å². The summed E-state index contributed by atoms with van der Waals surface area (Å²) in [7, 11) is 0. The number of nitrogens with zero attached hydrogens (tertiary/aromatic N) is 3. The standard InChI is InChI=1S/C14H18N4O/c1-10-9-15-8-5-11(10)12-17-13(19-18-12)14(2)6-3-4-7-16-14/h5,8-9,16H,3-4,6-7H2,1-2H3. The topological polar surface area (TPSA) is 63.8 Å². The molecule has 1 fully saturated rings. The second kappa shape index (κ2) is 4.74. The monoisotopic (exact) mass is 258 g/mol. The molecule has 0 saturated carbocycles. The zero-order valence-corrected chi connectivity index (χ0v) is 11.3. The molecule has 1 saturated heterocycles. The molecule has 1 N–H and O–H groups in total. The lowest BCUT2D eigenvalue weighted by Crippen LogP contribution is -2.43. The number of aryl methyl sites for hydroxylation is 1. The molecule has 19 heavy (non-hydrogen) atoms. The normalized spacial score (nSPS) is 23.5. The van der Waals surface area contributed by atoms with E-state index < -0.39 is 0 Å². The fraction of sp³-hybridized carbons (Fsp3) is 0.500. The third kappa shape index (κ3) is 2.26. The van der Waals surface area contributed by atoms with E-state index in [0.717, 1.165) is 24.1 Å². The van der Waals surface area contributed by atoms with Crippen molar-refractivity contribution in [1.82, 2.24) is 20.4 Å². The first-order chi connectivity index (χ1) is 9.19. The first kappa shape index (κ1) is 12.3. The molecule has 0 bridgehead atoms. The molecule has 2 aromatic rings. The van der Waals surface area contributed by atoms with E-state index in [-0.39, 0.29) is 5.54 Å². The highest BCUT2D eigenvalue weighted by molar-refractivity contribution is 5.58. The van der Waals surface area contributed by atoms with E-state index in [1.54, 1.807) is 6.20 Å². The summed E-state index contributed by atoms with van der Waals surface area (Å²) < 4.78 is 5.47. The van der Waals surface area contributed by atoms with Gasteiger partial charge in [0, 0.05) is 18.0 Å². The maximum atomic E-state index is 5.47. The van der Waals surface area contributed by atoms with Crippen molar-refractivity contribution in [2.75, 3.05) is 6.54 Å². The van der Waals surface area contributed by atoms with E-state index >= 15 is 0 Å². The molecule has 0 amide bonds. The first-order valence-electron chi connectivity index (χ1n) is 6.69. The van der Waals surface area contributed by atoms with Crippen LogP contribution >= 0.6 is 0 Å². The fourth-order valence-electron chi connectivity index (χ4n) is 2.52. The number of rotatable bonds is 2. The minimum atomic E-state index is -0.190. The molecule has 3 rings (SSSR count). The van der Waals surface area contributed by atoms with Gasteiger partial charge in [0.1, 0.15) is 0 Å². The maximum Gasteiger partial charge on any atom is 0.246 e. The summed E-state index contributed by atoms with van der Waals surface area (Å²) in [6.07, 6.45) is 6.99. The molecule has 1 unspecified atom stereocenters. The molecule has 2 aromatic heterocycles. The lowest BCUT2D eigenvalue weighted by atomic mass is 9.91. The predicted octanol–water partition coefficient (Wildman–Crippen LogP) is 2.43. The van der Waals surface area contributed by atoms with Crippen molar-refractivity contribution in [2.45, 2.75) is 38.6 Å². The number of hydrogen-bond acceptors (Lipinski definition) is 5. The summed E-state index contributed by atoms with van der Waals surface area (Å²) in [4.78, 5) is 8.65. The van der Waals surface area contributed by atoms with Gasteiger partial charge in [-0.15, -0.1) is 0 Å². The summed E-state index contributed by atoms with van der Waals surface area (Å²) in [6.45, 7) is 5.13. The second-order valence-corrected chi connectivity index (χ2v) is 5.33. The summed E-state index contributed by atoms with van der Waals surface area (Å²) in [6, 6.07) is 1.92. The van der Waals surface area contributed by atoms with Crippen LogP contribution in [0.25, 0.3) is 11.4 Å². The van der Waals surface area contributed by atoms with Gasteiger partial charge < -0.3 is 9.84 Å². The predicted molar refractivity (Wildman–Crippen MR) is 71.5 cm³/mol. The largest absolute Gasteiger partial charge is 0.337 e. The van der Waals surface area contributed by atoms with E-state index in [2.05, 4.69) is 27.4 Å². The Hall–Kier alpha value is -1.75. The van der Waals surface area contributed by atoms with E-state index in [4.69, 9.17) is 4.52 Å². The van der Waals surface area contributed by atoms with Gasteiger partial charge in [-0.05, 0) is 51.3 Å². The van der Waals surface area contributed by atoms with Crippen LogP contribution in [-0.4, -0.2) is 21.7 Å². The molecule has 5 heteroatoms. The van der Waals surface area contributed by atoms with Crippen molar-refractivity contribution in [3.05, 3.63) is 29.9 Å². The smallest absolute Gasteiger partial charge is 0.246 e. The summed E-state index contributed by atoms with van der Waals surface area (Å²) >= 11 is 0. The van der Waals surface area contributed by atoms with Crippen LogP contribution in [0.15, 0.2) is 23.0 Å². The van der Waals surface area contributed by atoms with Crippen LogP contribution in [-0.2, 0) is 5.54 Å². The first-order valence-corrected chi connectivity index (χ1v) is 6.69. The number of piperidine rings is 1. The van der Waals surface area contributed by atoms with Crippen molar-refractivity contribution >= 4 is 0 Å². The Morgan fingerprint density at radius 3 is 3.00 bits per heavy atom. The van der Waals surface area contributed by atoms with E-state index in [0.29, 0.717) is 11.7 Å². The van der Waals surface area contributed by atoms with Gasteiger partial charge in [-0.1, -0.05) is 5.16 Å². The molecular formula is C14H18N4O. The molecule has 1 aliphatic heterocycles. The van der Waals surface area contributed by atoms with E-state index in [1.165, 1.54) is 12.8 Å². The minimum Gasteiger partial charge on any atom is -0.337 e. The molecule has 5 nitrogen and oxygen atoms in total. The Balaban J connectivity index is 1.93. The minimum absolute atomic E-state index is 0.190. The number of aromatic nitrogens is 3. The zero-order valence-electron chi connectivity index (χ0n) is 11.3. The molecule has 0 aromatic carbocycles. The fourth-order valence-corrected chi connectivity index (χ4v) is 2.52. The molecule has 0 spiro atoms. The summed E-state index contributed by atoms with van der Waals surface area (Å²) in [5, 5.41) is 7.60. The van der Waals surface area contributed by atoms with Gasteiger partial charge >= 0.3 is 0 Å². The molecule has 100 valence electrons. The van der Waals surface area contributed by atoms with Gasteiger partial charge in [-0.3, -0.25) is 4.98 Å². The molecular weight excluding hydrogens is 240 g/mol. The van der Waals surface area contributed by atoms with Crippen LogP contribution in [0.1, 0.15) is 37.6 Å². The quantitative estimate of drug-likeness (QED) is 0.896. The SMILES string of the molecule is Cc1cnccc1-c1noc(C2(C)CCCCN2)n1. The maximum absolute atomic E-state index is 5.47. The van der Waals surface area contributed by atoms with Gasteiger partial charge in [-0.2, -0.15) is 4.98 Å². The molecule has 3 heterocycles. The second-order valence-electron chi connectivity index (χ2n) is 5.33. The van der Waals surface area contributed by atoms with Crippen molar-refractivity contribution in [3.8, 4) is 11.4 Å². The van der Waals surface area contributed by atoms with Crippen molar-refractivity contribution in [3.63, 3.8) is 0 Å². The van der Waals surface area contributed by atoms with Crippen LogP contribution in [0.4, 0.5) is 0 Å². The third-order valence-corrected chi connectivity index (χ3v) is 3.78. The van der Waals surface area contributed by atoms with Gasteiger partial charge in [0.05, 0.1) is 5.54 Å². The zero-order chi connectivity index (χ0) is 13.3.